The summed E-state index contributed by atoms with van der Waals surface area (Å²) >= 11 is 5.11. The van der Waals surface area contributed by atoms with Gasteiger partial charge in [0, 0.05) is 12.1 Å². The third kappa shape index (κ3) is 5.54. The molecule has 1 atom stereocenters. The number of thiocarbonyl (C=S) groups is 1. The molecular weight excluding hydrogens is 330 g/mol. The van der Waals surface area contributed by atoms with Gasteiger partial charge in [0.1, 0.15) is 11.9 Å². The maximum absolute atomic E-state index is 11.5. The molecule has 7 N–H and O–H groups in total. The van der Waals surface area contributed by atoms with E-state index in [1.54, 1.807) is 6.92 Å². The fourth-order valence-electron chi connectivity index (χ4n) is 1.87. The van der Waals surface area contributed by atoms with Crippen molar-refractivity contribution in [2.45, 2.75) is 33.2 Å². The molecule has 0 saturated heterocycles. The Labute approximate surface area is 145 Å². The van der Waals surface area contributed by atoms with E-state index in [0.717, 1.165) is 0 Å². The minimum Gasteiger partial charge on any atom is -0.368 e. The number of hydrogen-bond acceptors (Lipinski definition) is 7. The van der Waals surface area contributed by atoms with E-state index in [0.29, 0.717) is 10.7 Å². The molecule has 0 aliphatic heterocycles. The molecule has 0 aliphatic rings. The number of amides is 2. The first-order valence-corrected chi connectivity index (χ1v) is 7.59. The van der Waals surface area contributed by atoms with Crippen molar-refractivity contribution in [2.75, 3.05) is 10.6 Å². The highest BCUT2D eigenvalue weighted by molar-refractivity contribution is 7.80. The Hall–Kier alpha value is -2.62. The maximum atomic E-state index is 11.5. The molecule has 1 rings (SSSR count). The number of nitrogens with zero attached hydrogens (tertiary/aromatic N) is 2. The standard InChI is InChI=1S/C14H21N7O2S/c1-6(2)10(12(16)22)19-8-5-18-11(13(17)23)14(20-8)21-9(24)4-7(3)15/h5-6,10,15H,4H2,1-3H3,(H2,16,22)(H2,17,23)(H2,19,20,21,24). The molecule has 130 valence electrons. The van der Waals surface area contributed by atoms with Gasteiger partial charge < -0.3 is 27.5 Å². The molecule has 0 radical (unpaired) electrons. The van der Waals surface area contributed by atoms with Crippen LogP contribution < -0.4 is 22.1 Å². The third-order valence-corrected chi connectivity index (χ3v) is 3.21. The van der Waals surface area contributed by atoms with Crippen LogP contribution >= 0.6 is 12.2 Å². The van der Waals surface area contributed by atoms with Gasteiger partial charge in [-0.05, 0) is 12.8 Å². The lowest BCUT2D eigenvalue weighted by atomic mass is 10.0. The number of hydrogen-bond donors (Lipinski definition) is 5. The summed E-state index contributed by atoms with van der Waals surface area (Å²) in [5.74, 6) is -1.07. The van der Waals surface area contributed by atoms with Gasteiger partial charge in [-0.3, -0.25) is 9.59 Å². The highest BCUT2D eigenvalue weighted by Crippen LogP contribution is 2.16. The zero-order valence-corrected chi connectivity index (χ0v) is 14.5. The summed E-state index contributed by atoms with van der Waals surface area (Å²) in [5.41, 5.74) is 10.9. The van der Waals surface area contributed by atoms with Crippen molar-refractivity contribution in [1.82, 2.24) is 9.97 Å². The summed E-state index contributed by atoms with van der Waals surface area (Å²) in [6, 6.07) is -0.651. The van der Waals surface area contributed by atoms with Crippen LogP contribution in [0.2, 0.25) is 0 Å². The van der Waals surface area contributed by atoms with Crippen LogP contribution in [0.4, 0.5) is 11.6 Å². The lowest BCUT2D eigenvalue weighted by molar-refractivity contribution is -0.119. The number of rotatable bonds is 8. The Kier molecular flexibility index (Phi) is 6.71. The zero-order valence-electron chi connectivity index (χ0n) is 13.7. The van der Waals surface area contributed by atoms with Crippen molar-refractivity contribution < 1.29 is 9.59 Å². The lowest BCUT2D eigenvalue weighted by Gasteiger charge is -2.20. The van der Waals surface area contributed by atoms with Crippen molar-refractivity contribution in [3.63, 3.8) is 0 Å². The zero-order chi connectivity index (χ0) is 18.4. The van der Waals surface area contributed by atoms with Gasteiger partial charge in [0.05, 0.1) is 11.2 Å². The number of primary amides is 2. The van der Waals surface area contributed by atoms with Gasteiger partial charge in [-0.2, -0.15) is 0 Å². The molecule has 1 heterocycles. The van der Waals surface area contributed by atoms with E-state index in [1.807, 2.05) is 13.8 Å². The van der Waals surface area contributed by atoms with Crippen LogP contribution in [-0.4, -0.2) is 38.5 Å². The average molecular weight is 351 g/mol. The number of aromatic nitrogens is 2. The molecule has 0 aromatic carbocycles. The largest absolute Gasteiger partial charge is 0.368 e. The predicted octanol–water partition coefficient (Wildman–Crippen LogP) is 0.666. The number of anilines is 2. The summed E-state index contributed by atoms with van der Waals surface area (Å²) in [5, 5.41) is 13.1. The Morgan fingerprint density at radius 1 is 1.38 bits per heavy atom. The van der Waals surface area contributed by atoms with Gasteiger partial charge in [-0.15, -0.1) is 0 Å². The first kappa shape index (κ1) is 19.4. The Balaban J connectivity index is 3.11. The van der Waals surface area contributed by atoms with Gasteiger partial charge in [-0.1, -0.05) is 26.1 Å². The monoisotopic (exact) mass is 351 g/mol. The van der Waals surface area contributed by atoms with E-state index >= 15 is 0 Å². The summed E-state index contributed by atoms with van der Waals surface area (Å²) in [4.78, 5) is 31.4. The fraction of sp³-hybridized carbons (Fsp3) is 0.429. The van der Waals surface area contributed by atoms with Crippen molar-refractivity contribution in [1.29, 1.82) is 5.41 Å². The third-order valence-electron chi connectivity index (χ3n) is 2.97. The lowest BCUT2D eigenvalue weighted by Crippen LogP contribution is -2.40. The van der Waals surface area contributed by atoms with Gasteiger partial charge in [0.2, 0.25) is 5.91 Å². The Bertz CT molecular complexity index is 675. The average Bonchev–Trinajstić information content (AvgIpc) is 2.42. The number of nitrogens with one attached hydrogen (secondary N) is 3. The number of nitrogens with two attached hydrogens (primary N) is 2. The molecule has 9 nitrogen and oxygen atoms in total. The van der Waals surface area contributed by atoms with E-state index in [2.05, 4.69) is 20.6 Å². The second kappa shape index (κ2) is 8.29. The van der Waals surface area contributed by atoms with Crippen LogP contribution in [-0.2, 0) is 4.79 Å². The summed E-state index contributed by atoms with van der Waals surface area (Å²) in [6.07, 6.45) is 1.50. The van der Waals surface area contributed by atoms with Crippen molar-refractivity contribution in [2.24, 2.45) is 17.4 Å². The van der Waals surface area contributed by atoms with Crippen molar-refractivity contribution in [3.8, 4) is 0 Å². The quantitative estimate of drug-likeness (QED) is 0.340. The molecule has 1 aromatic rings. The molecule has 2 amide bonds. The SMILES string of the molecule is CC(=N)CC(=S)Nc1nc(NC(C(N)=O)C(C)C)cnc1C(N)=O. The van der Waals surface area contributed by atoms with Crippen LogP contribution in [0.5, 0.6) is 0 Å². The van der Waals surface area contributed by atoms with Gasteiger partial charge in [-0.25, -0.2) is 9.97 Å². The second-order valence-electron chi connectivity index (χ2n) is 5.59. The molecule has 0 fully saturated rings. The second-order valence-corrected chi connectivity index (χ2v) is 6.08. The van der Waals surface area contributed by atoms with Crippen LogP contribution in [0, 0.1) is 11.3 Å². The smallest absolute Gasteiger partial charge is 0.271 e. The Morgan fingerprint density at radius 2 is 2.00 bits per heavy atom. The number of carbonyl (C=O) groups excluding carboxylic acids is 2. The predicted molar refractivity (Wildman–Crippen MR) is 96.2 cm³/mol. The van der Waals surface area contributed by atoms with E-state index in [-0.39, 0.29) is 29.7 Å². The molecule has 1 unspecified atom stereocenters. The normalized spacial score (nSPS) is 11.7. The van der Waals surface area contributed by atoms with Crippen LogP contribution in [0.3, 0.4) is 0 Å². The maximum Gasteiger partial charge on any atom is 0.271 e. The van der Waals surface area contributed by atoms with Crippen LogP contribution in [0.15, 0.2) is 6.20 Å². The van der Waals surface area contributed by atoms with E-state index in [4.69, 9.17) is 29.1 Å². The highest BCUT2D eigenvalue weighted by Gasteiger charge is 2.21. The summed E-state index contributed by atoms with van der Waals surface area (Å²) < 4.78 is 0. The Morgan fingerprint density at radius 3 is 2.46 bits per heavy atom. The van der Waals surface area contributed by atoms with E-state index < -0.39 is 17.9 Å². The van der Waals surface area contributed by atoms with E-state index in [1.165, 1.54) is 6.20 Å². The van der Waals surface area contributed by atoms with Gasteiger partial charge >= 0.3 is 0 Å². The molecule has 0 aliphatic carbocycles. The highest BCUT2D eigenvalue weighted by atomic mass is 32.1. The van der Waals surface area contributed by atoms with Gasteiger partial charge in [0.15, 0.2) is 11.5 Å². The van der Waals surface area contributed by atoms with Crippen LogP contribution in [0.1, 0.15) is 37.7 Å². The minimum absolute atomic E-state index is 0.0609. The minimum atomic E-state index is -0.777. The molecule has 24 heavy (non-hydrogen) atoms. The molecule has 1 aromatic heterocycles. The molecule has 0 bridgehead atoms. The molecule has 10 heteroatoms. The topological polar surface area (TPSA) is 160 Å². The molecule has 0 saturated carbocycles. The fourth-order valence-corrected chi connectivity index (χ4v) is 2.18. The van der Waals surface area contributed by atoms with Crippen LogP contribution in [0.25, 0.3) is 0 Å². The van der Waals surface area contributed by atoms with Crippen molar-refractivity contribution >= 4 is 46.4 Å². The van der Waals surface area contributed by atoms with E-state index in [9.17, 15) is 9.59 Å². The molecule has 0 spiro atoms. The summed E-state index contributed by atoms with van der Waals surface area (Å²) in [7, 11) is 0. The first-order chi connectivity index (χ1) is 11.1. The van der Waals surface area contributed by atoms with Gasteiger partial charge in [0.25, 0.3) is 5.91 Å². The molecular formula is C14H21N7O2S. The number of carbonyl (C=O) groups is 2. The van der Waals surface area contributed by atoms with Crippen molar-refractivity contribution in [3.05, 3.63) is 11.9 Å². The summed E-state index contributed by atoms with van der Waals surface area (Å²) in [6.45, 7) is 5.26. The first-order valence-electron chi connectivity index (χ1n) is 7.18.